The van der Waals surface area contributed by atoms with E-state index in [0.717, 1.165) is 38.5 Å². The van der Waals surface area contributed by atoms with E-state index in [4.69, 9.17) is 4.74 Å². The van der Waals surface area contributed by atoms with E-state index in [-0.39, 0.29) is 12.4 Å². The Kier molecular flexibility index (Phi) is 5.75. The van der Waals surface area contributed by atoms with Crippen molar-refractivity contribution in [1.29, 1.82) is 0 Å². The van der Waals surface area contributed by atoms with Gasteiger partial charge in [-0.05, 0) is 24.1 Å². The van der Waals surface area contributed by atoms with Crippen LogP contribution >= 0.6 is 12.4 Å². The van der Waals surface area contributed by atoms with Gasteiger partial charge in [-0.25, -0.2) is 0 Å². The normalized spacial score (nSPS) is 16.4. The number of piperazine rings is 1. The molecular formula is C13H21ClN2O. The molecule has 0 spiro atoms. The summed E-state index contributed by atoms with van der Waals surface area (Å²) in [5.41, 5.74) is 2.54. The van der Waals surface area contributed by atoms with Gasteiger partial charge >= 0.3 is 0 Å². The molecule has 0 aliphatic carbocycles. The monoisotopic (exact) mass is 256 g/mol. The second-order valence-electron chi connectivity index (χ2n) is 4.33. The van der Waals surface area contributed by atoms with E-state index in [9.17, 15) is 0 Å². The summed E-state index contributed by atoms with van der Waals surface area (Å²) >= 11 is 0. The highest BCUT2D eigenvalue weighted by molar-refractivity contribution is 5.85. The predicted octanol–water partition coefficient (Wildman–Crippen LogP) is 1.83. The molecule has 96 valence electrons. The molecule has 1 aromatic carbocycles. The zero-order chi connectivity index (χ0) is 11.4. The summed E-state index contributed by atoms with van der Waals surface area (Å²) in [6.07, 6.45) is 0. The molecule has 1 saturated heterocycles. The molecule has 0 bridgehead atoms. The van der Waals surface area contributed by atoms with Crippen LogP contribution in [0.3, 0.4) is 0 Å². The van der Waals surface area contributed by atoms with Gasteiger partial charge in [-0.15, -0.1) is 12.4 Å². The molecule has 1 heterocycles. The Labute approximate surface area is 110 Å². The maximum Gasteiger partial charge on any atom is 0.122 e. The molecule has 0 unspecified atom stereocenters. The number of benzene rings is 1. The van der Waals surface area contributed by atoms with Gasteiger partial charge in [0.2, 0.25) is 0 Å². The first kappa shape index (κ1) is 14.3. The number of rotatable bonds is 3. The molecule has 1 fully saturated rings. The van der Waals surface area contributed by atoms with E-state index in [1.54, 1.807) is 7.11 Å². The van der Waals surface area contributed by atoms with Crippen LogP contribution in [-0.2, 0) is 6.54 Å². The Morgan fingerprint density at radius 3 is 2.65 bits per heavy atom. The Morgan fingerprint density at radius 2 is 2.00 bits per heavy atom. The molecule has 0 atom stereocenters. The van der Waals surface area contributed by atoms with E-state index in [1.807, 2.05) is 0 Å². The van der Waals surface area contributed by atoms with Crippen molar-refractivity contribution in [3.8, 4) is 5.75 Å². The minimum Gasteiger partial charge on any atom is -0.496 e. The summed E-state index contributed by atoms with van der Waals surface area (Å²) in [6.45, 7) is 7.57. The molecule has 0 aromatic heterocycles. The zero-order valence-corrected chi connectivity index (χ0v) is 11.3. The molecule has 1 aliphatic rings. The van der Waals surface area contributed by atoms with Crippen LogP contribution in [0.2, 0.25) is 0 Å². The van der Waals surface area contributed by atoms with Crippen molar-refractivity contribution < 1.29 is 4.74 Å². The van der Waals surface area contributed by atoms with Crippen molar-refractivity contribution in [2.45, 2.75) is 13.5 Å². The lowest BCUT2D eigenvalue weighted by molar-refractivity contribution is 0.233. The first-order valence-electron chi connectivity index (χ1n) is 5.86. The van der Waals surface area contributed by atoms with Crippen LogP contribution in [0.25, 0.3) is 0 Å². The summed E-state index contributed by atoms with van der Waals surface area (Å²) in [4.78, 5) is 2.47. The zero-order valence-electron chi connectivity index (χ0n) is 10.5. The van der Waals surface area contributed by atoms with Gasteiger partial charge in [-0.3, -0.25) is 4.90 Å². The van der Waals surface area contributed by atoms with Crippen molar-refractivity contribution >= 4 is 12.4 Å². The quantitative estimate of drug-likeness (QED) is 0.893. The van der Waals surface area contributed by atoms with Gasteiger partial charge in [0.25, 0.3) is 0 Å². The van der Waals surface area contributed by atoms with Gasteiger partial charge in [0.1, 0.15) is 5.75 Å². The van der Waals surface area contributed by atoms with E-state index >= 15 is 0 Å². The lowest BCUT2D eigenvalue weighted by Crippen LogP contribution is -2.42. The number of nitrogens with one attached hydrogen (secondary N) is 1. The van der Waals surface area contributed by atoms with Crippen LogP contribution in [-0.4, -0.2) is 38.2 Å². The average molecular weight is 257 g/mol. The van der Waals surface area contributed by atoms with E-state index in [1.165, 1.54) is 11.1 Å². The van der Waals surface area contributed by atoms with Crippen LogP contribution in [0.15, 0.2) is 18.2 Å². The predicted molar refractivity (Wildman–Crippen MR) is 73.1 cm³/mol. The molecule has 1 aliphatic heterocycles. The number of halogens is 1. The first-order valence-corrected chi connectivity index (χ1v) is 5.86. The van der Waals surface area contributed by atoms with Crippen molar-refractivity contribution in [1.82, 2.24) is 10.2 Å². The lowest BCUT2D eigenvalue weighted by Gasteiger charge is -2.27. The molecule has 1 N–H and O–H groups in total. The minimum absolute atomic E-state index is 0. The van der Waals surface area contributed by atoms with Gasteiger partial charge < -0.3 is 10.1 Å². The van der Waals surface area contributed by atoms with E-state index in [2.05, 4.69) is 35.3 Å². The summed E-state index contributed by atoms with van der Waals surface area (Å²) < 4.78 is 5.34. The average Bonchev–Trinajstić information content (AvgIpc) is 2.33. The maximum atomic E-state index is 5.34. The maximum absolute atomic E-state index is 5.34. The Hall–Kier alpha value is -0.770. The van der Waals surface area contributed by atoms with E-state index in [0.29, 0.717) is 0 Å². The number of ether oxygens (including phenoxy) is 1. The van der Waals surface area contributed by atoms with Gasteiger partial charge in [-0.1, -0.05) is 12.1 Å². The third-order valence-corrected chi connectivity index (χ3v) is 3.09. The molecular weight excluding hydrogens is 236 g/mol. The third kappa shape index (κ3) is 3.87. The smallest absolute Gasteiger partial charge is 0.122 e. The van der Waals surface area contributed by atoms with Crippen LogP contribution in [0, 0.1) is 6.92 Å². The number of nitrogens with zero attached hydrogens (tertiary/aromatic N) is 1. The molecule has 0 radical (unpaired) electrons. The highest BCUT2D eigenvalue weighted by atomic mass is 35.5. The third-order valence-electron chi connectivity index (χ3n) is 3.09. The Bertz CT molecular complexity index is 351. The second-order valence-corrected chi connectivity index (χ2v) is 4.33. The summed E-state index contributed by atoms with van der Waals surface area (Å²) in [7, 11) is 1.73. The summed E-state index contributed by atoms with van der Waals surface area (Å²) in [6, 6.07) is 6.48. The molecule has 3 nitrogen and oxygen atoms in total. The SMILES string of the molecule is COc1cc(CN2CCNCC2)ccc1C.Cl. The first-order chi connectivity index (χ1) is 7.79. The fourth-order valence-corrected chi connectivity index (χ4v) is 2.09. The summed E-state index contributed by atoms with van der Waals surface area (Å²) in [5, 5.41) is 3.37. The van der Waals surface area contributed by atoms with Gasteiger partial charge in [-0.2, -0.15) is 0 Å². The minimum atomic E-state index is 0. The van der Waals surface area contributed by atoms with Crippen LogP contribution in [0.5, 0.6) is 5.75 Å². The van der Waals surface area contributed by atoms with Crippen LogP contribution < -0.4 is 10.1 Å². The molecule has 0 saturated carbocycles. The van der Waals surface area contributed by atoms with Gasteiger partial charge in [0, 0.05) is 32.7 Å². The van der Waals surface area contributed by atoms with Gasteiger partial charge in [0.15, 0.2) is 0 Å². The summed E-state index contributed by atoms with van der Waals surface area (Å²) in [5.74, 6) is 0.993. The van der Waals surface area contributed by atoms with Crippen molar-refractivity contribution in [3.05, 3.63) is 29.3 Å². The van der Waals surface area contributed by atoms with Crippen molar-refractivity contribution in [2.24, 2.45) is 0 Å². The molecule has 4 heteroatoms. The number of hydrogen-bond acceptors (Lipinski definition) is 3. The Morgan fingerprint density at radius 1 is 1.29 bits per heavy atom. The highest BCUT2D eigenvalue weighted by Gasteiger charge is 2.10. The molecule has 0 amide bonds. The largest absolute Gasteiger partial charge is 0.496 e. The van der Waals surface area contributed by atoms with Crippen molar-refractivity contribution in [2.75, 3.05) is 33.3 Å². The number of aryl methyl sites for hydroxylation is 1. The van der Waals surface area contributed by atoms with E-state index < -0.39 is 0 Å². The molecule has 2 rings (SSSR count). The van der Waals surface area contributed by atoms with Crippen molar-refractivity contribution in [3.63, 3.8) is 0 Å². The standard InChI is InChI=1S/C13H20N2O.ClH/c1-11-3-4-12(9-13(11)16-2)10-15-7-5-14-6-8-15;/h3-4,9,14H,5-8,10H2,1-2H3;1H. The number of methoxy groups -OCH3 is 1. The molecule has 1 aromatic rings. The highest BCUT2D eigenvalue weighted by Crippen LogP contribution is 2.19. The van der Waals surface area contributed by atoms with Crippen LogP contribution in [0.1, 0.15) is 11.1 Å². The number of hydrogen-bond donors (Lipinski definition) is 1. The van der Waals surface area contributed by atoms with Crippen LogP contribution in [0.4, 0.5) is 0 Å². The topological polar surface area (TPSA) is 24.5 Å². The molecule has 17 heavy (non-hydrogen) atoms. The fourth-order valence-electron chi connectivity index (χ4n) is 2.09. The Balaban J connectivity index is 0.00000144. The lowest BCUT2D eigenvalue weighted by atomic mass is 10.1. The second kappa shape index (κ2) is 6.84. The van der Waals surface area contributed by atoms with Gasteiger partial charge in [0.05, 0.1) is 7.11 Å². The fraction of sp³-hybridized carbons (Fsp3) is 0.538.